The van der Waals surface area contributed by atoms with Crippen molar-refractivity contribution in [3.05, 3.63) is 0 Å². The van der Waals surface area contributed by atoms with Gasteiger partial charge in [0.25, 0.3) is 0 Å². The maximum atomic E-state index is 13.1. The van der Waals surface area contributed by atoms with Crippen LogP contribution in [0.2, 0.25) is 0 Å². The minimum Gasteiger partial charge on any atom is -0.462 e. The van der Waals surface area contributed by atoms with Crippen molar-refractivity contribution in [3.63, 3.8) is 0 Å². The maximum absolute atomic E-state index is 13.1. The van der Waals surface area contributed by atoms with Crippen molar-refractivity contribution in [1.29, 1.82) is 0 Å². The van der Waals surface area contributed by atoms with Crippen LogP contribution in [-0.2, 0) is 79.9 Å². The van der Waals surface area contributed by atoms with Gasteiger partial charge in [-0.1, -0.05) is 0 Å². The minimum atomic E-state index is -5.54. The van der Waals surface area contributed by atoms with Crippen molar-refractivity contribution in [1.82, 2.24) is 0 Å². The highest BCUT2D eigenvalue weighted by atomic mass is 31.2. The summed E-state index contributed by atoms with van der Waals surface area (Å²) in [5.41, 5.74) is 0. The Morgan fingerprint density at radius 2 is 0.930 bits per heavy atom. The molecular formula is C21H32O20P2. The van der Waals surface area contributed by atoms with Crippen LogP contribution in [0.3, 0.4) is 0 Å². The molecule has 0 amide bonds. The fourth-order valence-corrected chi connectivity index (χ4v) is 5.27. The summed E-state index contributed by atoms with van der Waals surface area (Å²) in [6.07, 6.45) is -14.4. The number of phosphoric acid groups is 2. The molecule has 4 unspecified atom stereocenters. The van der Waals surface area contributed by atoms with Gasteiger partial charge in [0.15, 0.2) is 42.7 Å². The van der Waals surface area contributed by atoms with Crippen molar-refractivity contribution in [3.8, 4) is 0 Å². The number of carbonyl (C=O) groups excluding carboxylic acids is 6. The van der Waals surface area contributed by atoms with Gasteiger partial charge in [-0.15, -0.1) is 0 Å². The van der Waals surface area contributed by atoms with Gasteiger partial charge in [0.05, 0.1) is 6.61 Å². The van der Waals surface area contributed by atoms with E-state index in [9.17, 15) is 52.6 Å². The summed E-state index contributed by atoms with van der Waals surface area (Å²) in [5.74, 6) is -6.34. The van der Waals surface area contributed by atoms with E-state index in [1.54, 1.807) is 0 Å². The van der Waals surface area contributed by atoms with E-state index in [2.05, 4.69) is 0 Å². The van der Waals surface area contributed by atoms with Crippen LogP contribution in [0.1, 0.15) is 41.5 Å². The number of phosphoric ester groups is 2. The maximum Gasteiger partial charge on any atom is 0.472 e. The lowest BCUT2D eigenvalue weighted by molar-refractivity contribution is -0.246. The quantitative estimate of drug-likeness (QED) is 0.116. The van der Waals surface area contributed by atoms with Crippen molar-refractivity contribution < 1.29 is 94.6 Å². The summed E-state index contributed by atoms with van der Waals surface area (Å²) in [4.78, 5) is 100. The zero-order valence-electron chi connectivity index (χ0n) is 23.6. The molecule has 0 aromatic carbocycles. The molecule has 1 aliphatic rings. The molecule has 3 N–H and O–H groups in total. The molecule has 246 valence electrons. The number of carbonyl (C=O) groups is 6. The predicted molar refractivity (Wildman–Crippen MR) is 132 cm³/mol. The van der Waals surface area contributed by atoms with Crippen molar-refractivity contribution in [2.75, 3.05) is 13.2 Å². The molecule has 0 aromatic heterocycles. The van der Waals surface area contributed by atoms with Gasteiger partial charge in [-0.3, -0.25) is 42.3 Å². The van der Waals surface area contributed by atoms with Gasteiger partial charge in [0.1, 0.15) is 6.61 Å². The molecule has 1 saturated carbocycles. The first-order valence-electron chi connectivity index (χ1n) is 12.0. The Morgan fingerprint density at radius 1 is 0.558 bits per heavy atom. The lowest BCUT2D eigenvalue weighted by Crippen LogP contribution is -2.68. The minimum absolute atomic E-state index is 0.616. The van der Waals surface area contributed by atoms with Crippen LogP contribution in [0.25, 0.3) is 0 Å². The number of hydrogen-bond acceptors (Lipinski definition) is 17. The highest BCUT2D eigenvalue weighted by molar-refractivity contribution is 7.47. The van der Waals surface area contributed by atoms with E-state index in [4.69, 9.17) is 42.0 Å². The van der Waals surface area contributed by atoms with Gasteiger partial charge in [0, 0.05) is 41.5 Å². The summed E-state index contributed by atoms with van der Waals surface area (Å²) < 4.78 is 69.4. The van der Waals surface area contributed by atoms with E-state index in [0.29, 0.717) is 0 Å². The van der Waals surface area contributed by atoms with E-state index in [1.807, 2.05) is 0 Å². The first kappa shape index (κ1) is 38.1. The molecule has 22 heteroatoms. The smallest absolute Gasteiger partial charge is 0.462 e. The lowest BCUT2D eigenvalue weighted by atomic mass is 9.84. The van der Waals surface area contributed by atoms with Crippen LogP contribution in [-0.4, -0.2) is 106 Å². The summed E-state index contributed by atoms with van der Waals surface area (Å²) in [6, 6.07) is 0. The third-order valence-corrected chi connectivity index (χ3v) is 6.40. The van der Waals surface area contributed by atoms with Crippen LogP contribution in [0.4, 0.5) is 0 Å². The second-order valence-corrected chi connectivity index (χ2v) is 11.3. The average Bonchev–Trinajstić information content (AvgIpc) is 2.80. The normalized spacial score (nSPS) is 25.7. The molecule has 0 aromatic rings. The van der Waals surface area contributed by atoms with Crippen LogP contribution in [0, 0.1) is 0 Å². The number of rotatable bonds is 14. The van der Waals surface area contributed by atoms with Crippen molar-refractivity contribution in [2.45, 2.75) is 84.3 Å². The van der Waals surface area contributed by atoms with Crippen LogP contribution >= 0.6 is 15.6 Å². The Bertz CT molecular complexity index is 1100. The third-order valence-electron chi connectivity index (χ3n) is 4.89. The zero-order chi connectivity index (χ0) is 33.3. The van der Waals surface area contributed by atoms with Gasteiger partial charge in [-0.25, -0.2) is 9.13 Å². The molecule has 0 saturated heterocycles. The lowest BCUT2D eigenvalue weighted by Gasteiger charge is -2.47. The molecule has 1 rings (SSSR count). The second-order valence-electron chi connectivity index (χ2n) is 8.73. The molecule has 20 nitrogen and oxygen atoms in total. The summed E-state index contributed by atoms with van der Waals surface area (Å²) in [6.45, 7) is 3.76. The Morgan fingerprint density at radius 3 is 1.23 bits per heavy atom. The summed E-state index contributed by atoms with van der Waals surface area (Å²) in [7, 11) is -11.0. The standard InChI is InChI=1S/C21H32O20P2/c1-9(22)33-7-15(35-10(2)23)8-34-43(31,32)41-21-18(38-13(5)26)16(36-11(3)24)20(40-42(28,29)30)17(37-12(4)25)19(21)39-14(6)27/h15-21H,7-8H2,1-6H3,(H,31,32)(H2,28,29,30)/t15?,16-,17+,18-,19-,20?,21?/m0/s1. The van der Waals surface area contributed by atoms with E-state index >= 15 is 0 Å². The Labute approximate surface area is 244 Å². The van der Waals surface area contributed by atoms with E-state index in [1.165, 1.54) is 0 Å². The van der Waals surface area contributed by atoms with Gasteiger partial charge in [-0.2, -0.15) is 0 Å². The molecule has 8 atom stereocenters. The Balaban J connectivity index is 3.67. The highest BCUT2D eigenvalue weighted by Gasteiger charge is 2.61. The first-order chi connectivity index (χ1) is 19.6. The molecule has 1 aliphatic carbocycles. The summed E-state index contributed by atoms with van der Waals surface area (Å²) in [5, 5.41) is 0. The second kappa shape index (κ2) is 16.2. The van der Waals surface area contributed by atoms with Gasteiger partial charge in [-0.05, 0) is 0 Å². The molecule has 43 heavy (non-hydrogen) atoms. The zero-order valence-corrected chi connectivity index (χ0v) is 25.4. The molecule has 0 aliphatic heterocycles. The van der Waals surface area contributed by atoms with Crippen LogP contribution < -0.4 is 0 Å². The largest absolute Gasteiger partial charge is 0.472 e. The summed E-state index contributed by atoms with van der Waals surface area (Å²) >= 11 is 0. The fourth-order valence-electron chi connectivity index (χ4n) is 3.75. The Hall–Kier alpha value is -2.96. The van der Waals surface area contributed by atoms with Crippen LogP contribution in [0.5, 0.6) is 0 Å². The van der Waals surface area contributed by atoms with Gasteiger partial charge >= 0.3 is 51.5 Å². The highest BCUT2D eigenvalue weighted by Crippen LogP contribution is 2.50. The number of hydrogen-bond donors (Lipinski definition) is 3. The molecule has 0 radical (unpaired) electrons. The average molecular weight is 666 g/mol. The molecule has 1 fully saturated rings. The number of ether oxygens (including phenoxy) is 6. The van der Waals surface area contributed by atoms with Crippen molar-refractivity contribution in [2.24, 2.45) is 0 Å². The monoisotopic (exact) mass is 666 g/mol. The number of esters is 6. The Kier molecular flexibility index (Phi) is 14.3. The molecule has 0 bridgehead atoms. The molecule has 0 heterocycles. The fraction of sp³-hybridized carbons (Fsp3) is 0.714. The van der Waals surface area contributed by atoms with Gasteiger partial charge < -0.3 is 43.1 Å². The van der Waals surface area contributed by atoms with E-state index < -0.39 is 107 Å². The third kappa shape index (κ3) is 13.9. The first-order valence-corrected chi connectivity index (χ1v) is 15.0. The van der Waals surface area contributed by atoms with E-state index in [-0.39, 0.29) is 0 Å². The van der Waals surface area contributed by atoms with Crippen molar-refractivity contribution >= 4 is 51.5 Å². The van der Waals surface area contributed by atoms with E-state index in [0.717, 1.165) is 41.5 Å². The SMILES string of the molecule is CC(=O)OCC(COP(=O)(O)OC1[C@@H](OC(C)=O)[C@H](OC(C)=O)C(OP(=O)(O)O)[C@H](OC(C)=O)[C@@H]1OC(C)=O)OC(C)=O. The predicted octanol–water partition coefficient (Wildman–Crippen LogP) is -0.798. The van der Waals surface area contributed by atoms with Gasteiger partial charge in [0.2, 0.25) is 0 Å². The molecule has 0 spiro atoms. The molecular weight excluding hydrogens is 634 g/mol. The topological polar surface area (TPSA) is 280 Å². The van der Waals surface area contributed by atoms with Crippen LogP contribution in [0.15, 0.2) is 0 Å².